The number of aromatic nitrogens is 3. The normalized spacial score (nSPS) is 19.0. The third-order valence-corrected chi connectivity index (χ3v) is 5.20. The fourth-order valence-electron chi connectivity index (χ4n) is 3.84. The molecule has 1 aliphatic heterocycles. The summed E-state index contributed by atoms with van der Waals surface area (Å²) in [7, 11) is 0. The van der Waals surface area contributed by atoms with Gasteiger partial charge in [-0.05, 0) is 30.9 Å². The maximum Gasteiger partial charge on any atom is 0.231 e. The number of hydrogen-bond acceptors (Lipinski definition) is 3. The van der Waals surface area contributed by atoms with Gasteiger partial charge in [0.05, 0.1) is 12.1 Å². The van der Waals surface area contributed by atoms with E-state index in [1.54, 1.807) is 6.33 Å². The van der Waals surface area contributed by atoms with Crippen LogP contribution >= 0.6 is 0 Å². The third kappa shape index (κ3) is 3.25. The Morgan fingerprint density at radius 2 is 1.74 bits per heavy atom. The van der Waals surface area contributed by atoms with Crippen LogP contribution in [-0.4, -0.2) is 20.7 Å². The Bertz CT molecular complexity index is 917. The molecule has 2 heterocycles. The Hall–Kier alpha value is -2.95. The average molecular weight is 360 g/mol. The summed E-state index contributed by atoms with van der Waals surface area (Å²) in [5.74, 6) is 0.739. The van der Waals surface area contributed by atoms with E-state index in [1.165, 1.54) is 11.1 Å². The van der Waals surface area contributed by atoms with Gasteiger partial charge in [-0.25, -0.2) is 4.68 Å². The third-order valence-electron chi connectivity index (χ3n) is 5.20. The molecule has 1 amide bonds. The molecule has 3 aromatic rings. The van der Waals surface area contributed by atoms with Crippen molar-refractivity contribution in [3.63, 3.8) is 0 Å². The number of nitrogens with zero attached hydrogens (tertiary/aromatic N) is 4. The van der Waals surface area contributed by atoms with Gasteiger partial charge in [-0.15, -0.1) is 0 Å². The first-order chi connectivity index (χ1) is 13.2. The van der Waals surface area contributed by atoms with Crippen LogP contribution in [0.15, 0.2) is 60.9 Å². The Morgan fingerprint density at radius 1 is 1.04 bits per heavy atom. The summed E-state index contributed by atoms with van der Waals surface area (Å²) in [6.45, 7) is 4.11. The molecule has 2 unspecified atom stereocenters. The van der Waals surface area contributed by atoms with E-state index in [-0.39, 0.29) is 18.0 Å². The number of aryl methyl sites for hydroxylation is 1. The van der Waals surface area contributed by atoms with E-state index < -0.39 is 0 Å². The van der Waals surface area contributed by atoms with Gasteiger partial charge in [0.15, 0.2) is 0 Å². The zero-order valence-corrected chi connectivity index (χ0v) is 15.7. The quantitative estimate of drug-likeness (QED) is 0.690. The fraction of sp³-hybridized carbons (Fsp3) is 0.318. The lowest BCUT2D eigenvalue weighted by atomic mass is 9.91. The molecule has 0 radical (unpaired) electrons. The van der Waals surface area contributed by atoms with Crippen molar-refractivity contribution in [1.29, 1.82) is 0 Å². The van der Waals surface area contributed by atoms with Gasteiger partial charge in [-0.2, -0.15) is 10.1 Å². The van der Waals surface area contributed by atoms with Crippen LogP contribution in [0.3, 0.4) is 0 Å². The van der Waals surface area contributed by atoms with Crippen LogP contribution in [0, 0.1) is 6.92 Å². The molecule has 4 rings (SSSR count). The number of fused-ring (bicyclic) bond motifs is 1. The van der Waals surface area contributed by atoms with E-state index in [0.29, 0.717) is 12.4 Å². The Morgan fingerprint density at radius 3 is 2.44 bits per heavy atom. The Labute approximate surface area is 159 Å². The molecule has 2 atom stereocenters. The second-order valence-electron chi connectivity index (χ2n) is 7.11. The van der Waals surface area contributed by atoms with Gasteiger partial charge in [-0.1, -0.05) is 67.1 Å². The summed E-state index contributed by atoms with van der Waals surface area (Å²) in [6, 6.07) is 18.8. The molecule has 1 aromatic heterocycles. The second kappa shape index (κ2) is 7.35. The lowest BCUT2D eigenvalue weighted by molar-refractivity contribution is -0.119. The summed E-state index contributed by atoms with van der Waals surface area (Å²) >= 11 is 0. The topological polar surface area (TPSA) is 51.0 Å². The number of anilines is 1. The second-order valence-corrected chi connectivity index (χ2v) is 7.11. The van der Waals surface area contributed by atoms with Crippen LogP contribution in [0.1, 0.15) is 55.0 Å². The van der Waals surface area contributed by atoms with Gasteiger partial charge >= 0.3 is 0 Å². The zero-order chi connectivity index (χ0) is 18.8. The highest BCUT2D eigenvalue weighted by Gasteiger charge is 2.38. The monoisotopic (exact) mass is 360 g/mol. The zero-order valence-electron chi connectivity index (χ0n) is 15.7. The van der Waals surface area contributed by atoms with Crippen LogP contribution < -0.4 is 4.90 Å². The number of benzene rings is 2. The van der Waals surface area contributed by atoms with Crippen molar-refractivity contribution in [3.8, 4) is 0 Å². The minimum atomic E-state index is -0.0495. The molecular formula is C22H24N4O. The summed E-state index contributed by atoms with van der Waals surface area (Å²) in [6.07, 6.45) is 3.64. The van der Waals surface area contributed by atoms with Crippen LogP contribution in [0.25, 0.3) is 0 Å². The van der Waals surface area contributed by atoms with Crippen molar-refractivity contribution in [1.82, 2.24) is 14.8 Å². The van der Waals surface area contributed by atoms with Gasteiger partial charge in [0, 0.05) is 6.42 Å². The number of carbonyl (C=O) groups excluding carboxylic acids is 1. The van der Waals surface area contributed by atoms with Crippen LogP contribution in [-0.2, 0) is 4.79 Å². The minimum Gasteiger partial charge on any atom is -0.274 e. The largest absolute Gasteiger partial charge is 0.274 e. The molecular weight excluding hydrogens is 336 g/mol. The van der Waals surface area contributed by atoms with E-state index in [2.05, 4.69) is 53.4 Å². The van der Waals surface area contributed by atoms with Gasteiger partial charge in [0.25, 0.3) is 0 Å². The first-order valence-electron chi connectivity index (χ1n) is 9.52. The molecule has 0 saturated carbocycles. The molecule has 0 bridgehead atoms. The molecule has 2 aromatic carbocycles. The fourth-order valence-corrected chi connectivity index (χ4v) is 3.84. The number of amides is 1. The summed E-state index contributed by atoms with van der Waals surface area (Å²) in [5, 5.41) is 4.46. The summed E-state index contributed by atoms with van der Waals surface area (Å²) in [5.41, 5.74) is 3.54. The Balaban J connectivity index is 1.82. The molecule has 0 saturated heterocycles. The number of carbonyl (C=O) groups is 1. The highest BCUT2D eigenvalue weighted by Crippen LogP contribution is 2.42. The van der Waals surface area contributed by atoms with Crippen molar-refractivity contribution in [2.24, 2.45) is 0 Å². The van der Waals surface area contributed by atoms with Crippen molar-refractivity contribution < 1.29 is 4.79 Å². The molecule has 138 valence electrons. The number of hydrogen-bond donors (Lipinski definition) is 0. The molecule has 27 heavy (non-hydrogen) atoms. The summed E-state index contributed by atoms with van der Waals surface area (Å²) in [4.78, 5) is 19.3. The van der Waals surface area contributed by atoms with Crippen LogP contribution in [0.4, 0.5) is 5.95 Å². The molecule has 5 nitrogen and oxygen atoms in total. The molecule has 0 N–H and O–H groups in total. The lowest BCUT2D eigenvalue weighted by Gasteiger charge is -2.39. The smallest absolute Gasteiger partial charge is 0.231 e. The van der Waals surface area contributed by atoms with Crippen molar-refractivity contribution in [2.75, 3.05) is 4.90 Å². The maximum absolute atomic E-state index is 13.0. The number of rotatable bonds is 4. The SMILES string of the molecule is CCCC(=O)N1c2ncnn2C(c2ccccc2)CC1c1ccc(C)cc1. The maximum atomic E-state index is 13.0. The first kappa shape index (κ1) is 17.5. The van der Waals surface area contributed by atoms with E-state index in [0.717, 1.165) is 18.4 Å². The highest BCUT2D eigenvalue weighted by molar-refractivity contribution is 5.92. The van der Waals surface area contributed by atoms with Gasteiger partial charge in [-0.3, -0.25) is 9.69 Å². The molecule has 0 spiro atoms. The lowest BCUT2D eigenvalue weighted by Crippen LogP contribution is -2.42. The van der Waals surface area contributed by atoms with Crippen molar-refractivity contribution in [3.05, 3.63) is 77.6 Å². The van der Waals surface area contributed by atoms with Gasteiger partial charge in [0.2, 0.25) is 11.9 Å². The average Bonchev–Trinajstić information content (AvgIpc) is 3.18. The predicted octanol–water partition coefficient (Wildman–Crippen LogP) is 4.45. The van der Waals surface area contributed by atoms with E-state index in [4.69, 9.17) is 0 Å². The van der Waals surface area contributed by atoms with E-state index >= 15 is 0 Å². The first-order valence-corrected chi connectivity index (χ1v) is 9.52. The standard InChI is InChI=1S/C22H24N4O/c1-3-7-21(27)25-19(18-12-10-16(2)11-13-18)14-20(17-8-5-4-6-9-17)26-22(25)23-15-24-26/h4-6,8-13,15,19-20H,3,7,14H2,1-2H3. The molecule has 0 aliphatic carbocycles. The molecule has 0 fully saturated rings. The molecule has 1 aliphatic rings. The van der Waals surface area contributed by atoms with Crippen LogP contribution in [0.2, 0.25) is 0 Å². The van der Waals surface area contributed by atoms with E-state index in [1.807, 2.05) is 34.7 Å². The predicted molar refractivity (Wildman–Crippen MR) is 106 cm³/mol. The van der Waals surface area contributed by atoms with E-state index in [9.17, 15) is 4.79 Å². The molecule has 5 heteroatoms. The van der Waals surface area contributed by atoms with Crippen molar-refractivity contribution in [2.45, 2.75) is 45.2 Å². The van der Waals surface area contributed by atoms with Crippen molar-refractivity contribution >= 4 is 11.9 Å². The van der Waals surface area contributed by atoms with Crippen LogP contribution in [0.5, 0.6) is 0 Å². The highest BCUT2D eigenvalue weighted by atomic mass is 16.2. The Kier molecular flexibility index (Phi) is 4.75. The summed E-state index contributed by atoms with van der Waals surface area (Å²) < 4.78 is 1.90. The minimum absolute atomic E-state index is 0.0495. The van der Waals surface area contributed by atoms with Gasteiger partial charge < -0.3 is 0 Å². The van der Waals surface area contributed by atoms with Gasteiger partial charge in [0.1, 0.15) is 6.33 Å².